The first-order valence-corrected chi connectivity index (χ1v) is 13.1. The molecule has 41 heavy (non-hydrogen) atoms. The number of ether oxygens (including phenoxy) is 1. The largest absolute Gasteiger partial charge is 0.457 e. The van der Waals surface area contributed by atoms with E-state index >= 15 is 0 Å². The Balaban J connectivity index is 1.24. The smallest absolute Gasteiger partial charge is 0.319 e. The lowest BCUT2D eigenvalue weighted by molar-refractivity contribution is -0.128. The molecule has 0 spiro atoms. The van der Waals surface area contributed by atoms with Crippen LogP contribution in [0.2, 0.25) is 0 Å². The molecule has 0 bridgehead atoms. The van der Waals surface area contributed by atoms with E-state index in [0.717, 1.165) is 11.1 Å². The van der Waals surface area contributed by atoms with Crippen LogP contribution in [-0.2, 0) is 9.59 Å². The van der Waals surface area contributed by atoms with Gasteiger partial charge in [-0.3, -0.25) is 9.59 Å². The number of rotatable bonds is 7. The number of para-hydroxylation sites is 2. The van der Waals surface area contributed by atoms with Crippen molar-refractivity contribution in [2.45, 2.75) is 19.1 Å². The van der Waals surface area contributed by atoms with Gasteiger partial charge in [-0.15, -0.1) is 0 Å². The highest BCUT2D eigenvalue weighted by Gasteiger charge is 2.32. The number of benzodiazepines with no additional fused rings is 1. The van der Waals surface area contributed by atoms with Crippen LogP contribution in [0.5, 0.6) is 11.5 Å². The van der Waals surface area contributed by atoms with Gasteiger partial charge >= 0.3 is 6.03 Å². The number of anilines is 2. The number of hydrogen-bond acceptors (Lipinski definition) is 5. The first-order valence-electron chi connectivity index (χ1n) is 13.1. The van der Waals surface area contributed by atoms with Crippen molar-refractivity contribution in [2.75, 3.05) is 17.3 Å². The molecular weight excluding hydrogens is 518 g/mol. The SMILES string of the molecule is C[C@H](NC(=O)Nc1ccc(Oc2ccccc2)cc1)C(=O)N[C@H]1N=C(c2ccccc2)c2ccccc2N(C)C1=O. The van der Waals surface area contributed by atoms with Gasteiger partial charge in [0.2, 0.25) is 12.1 Å². The molecule has 0 saturated heterocycles. The van der Waals surface area contributed by atoms with Crippen LogP contribution in [0.4, 0.5) is 16.2 Å². The molecule has 1 heterocycles. The fourth-order valence-electron chi connectivity index (χ4n) is 4.36. The number of urea groups is 1. The third-order valence-electron chi connectivity index (χ3n) is 6.50. The fraction of sp³-hybridized carbons (Fsp3) is 0.125. The molecule has 0 aromatic heterocycles. The van der Waals surface area contributed by atoms with Crippen LogP contribution < -0.4 is 25.6 Å². The second-order valence-corrected chi connectivity index (χ2v) is 9.43. The Morgan fingerprint density at radius 1 is 0.829 bits per heavy atom. The second kappa shape index (κ2) is 12.2. The average Bonchev–Trinajstić information content (AvgIpc) is 3.09. The molecule has 0 unspecified atom stereocenters. The van der Waals surface area contributed by atoms with Crippen LogP contribution in [0.1, 0.15) is 18.1 Å². The monoisotopic (exact) mass is 547 g/mol. The summed E-state index contributed by atoms with van der Waals surface area (Å²) in [6.45, 7) is 1.53. The molecule has 2 atom stereocenters. The first kappa shape index (κ1) is 27.1. The quantitative estimate of drug-likeness (QED) is 0.304. The number of aliphatic imine (C=N–C) groups is 1. The van der Waals surface area contributed by atoms with Gasteiger partial charge < -0.3 is 25.6 Å². The third-order valence-corrected chi connectivity index (χ3v) is 6.50. The van der Waals surface area contributed by atoms with Crippen LogP contribution in [0.25, 0.3) is 0 Å². The molecule has 5 rings (SSSR count). The van der Waals surface area contributed by atoms with E-state index in [9.17, 15) is 14.4 Å². The van der Waals surface area contributed by atoms with Gasteiger partial charge in [0.25, 0.3) is 5.91 Å². The lowest BCUT2D eigenvalue weighted by atomic mass is 10.0. The van der Waals surface area contributed by atoms with E-state index in [1.54, 1.807) is 31.3 Å². The van der Waals surface area contributed by atoms with Crippen molar-refractivity contribution in [2.24, 2.45) is 4.99 Å². The van der Waals surface area contributed by atoms with E-state index in [4.69, 9.17) is 4.74 Å². The second-order valence-electron chi connectivity index (χ2n) is 9.43. The van der Waals surface area contributed by atoms with E-state index in [1.807, 2.05) is 84.9 Å². The molecule has 1 aliphatic rings. The summed E-state index contributed by atoms with van der Waals surface area (Å²) >= 11 is 0. The van der Waals surface area contributed by atoms with Gasteiger partial charge in [0.15, 0.2) is 0 Å². The molecule has 4 aromatic rings. The minimum absolute atomic E-state index is 0.397. The predicted octanol–water partition coefficient (Wildman–Crippen LogP) is 4.95. The first-order chi connectivity index (χ1) is 19.9. The number of amides is 4. The minimum Gasteiger partial charge on any atom is -0.457 e. The minimum atomic E-state index is -1.18. The highest BCUT2D eigenvalue weighted by molar-refractivity contribution is 6.20. The molecule has 0 saturated carbocycles. The van der Waals surface area contributed by atoms with Crippen LogP contribution in [0.3, 0.4) is 0 Å². The summed E-state index contributed by atoms with van der Waals surface area (Å²) in [4.78, 5) is 45.2. The topological polar surface area (TPSA) is 112 Å². The Labute approximate surface area is 237 Å². The standard InChI is InChI=1S/C32H29N5O4/c1-21(33-32(40)34-23-17-19-25(20-18-23)41-24-13-7-4-8-14-24)30(38)36-29-31(39)37(2)27-16-10-9-15-26(27)28(35-29)22-11-5-3-6-12-22/h3-21,29H,1-2H3,(H,36,38)(H2,33,34,40)/t21-,29+/m0/s1. The average molecular weight is 548 g/mol. The van der Waals surface area contributed by atoms with Crippen molar-refractivity contribution < 1.29 is 19.1 Å². The number of likely N-dealkylation sites (N-methyl/N-ethyl adjacent to an activating group) is 1. The molecule has 9 heteroatoms. The summed E-state index contributed by atoms with van der Waals surface area (Å²) in [6, 6.07) is 31.6. The summed E-state index contributed by atoms with van der Waals surface area (Å²) in [5, 5.41) is 8.00. The van der Waals surface area contributed by atoms with Crippen molar-refractivity contribution in [1.82, 2.24) is 10.6 Å². The Morgan fingerprint density at radius 2 is 1.44 bits per heavy atom. The molecule has 206 valence electrons. The zero-order chi connectivity index (χ0) is 28.8. The van der Waals surface area contributed by atoms with E-state index in [-0.39, 0.29) is 0 Å². The number of nitrogens with zero attached hydrogens (tertiary/aromatic N) is 2. The van der Waals surface area contributed by atoms with E-state index in [0.29, 0.717) is 28.6 Å². The van der Waals surface area contributed by atoms with Crippen molar-refractivity contribution >= 4 is 34.9 Å². The number of fused-ring (bicyclic) bond motifs is 1. The van der Waals surface area contributed by atoms with Crippen LogP contribution in [-0.4, -0.2) is 42.8 Å². The summed E-state index contributed by atoms with van der Waals surface area (Å²) in [7, 11) is 1.65. The van der Waals surface area contributed by atoms with Gasteiger partial charge in [-0.25, -0.2) is 9.79 Å². The van der Waals surface area contributed by atoms with Gasteiger partial charge in [-0.05, 0) is 49.4 Å². The number of benzene rings is 4. The number of nitrogens with one attached hydrogen (secondary N) is 3. The molecule has 0 fully saturated rings. The van der Waals surface area contributed by atoms with Gasteiger partial charge in [0.1, 0.15) is 17.5 Å². The molecule has 9 nitrogen and oxygen atoms in total. The highest BCUT2D eigenvalue weighted by atomic mass is 16.5. The highest BCUT2D eigenvalue weighted by Crippen LogP contribution is 2.27. The van der Waals surface area contributed by atoms with Gasteiger partial charge in [-0.1, -0.05) is 66.7 Å². The van der Waals surface area contributed by atoms with Crippen molar-refractivity contribution in [1.29, 1.82) is 0 Å². The van der Waals surface area contributed by atoms with E-state index in [2.05, 4.69) is 20.9 Å². The summed E-state index contributed by atoms with van der Waals surface area (Å²) in [5.74, 6) is 0.366. The van der Waals surface area contributed by atoms with Gasteiger partial charge in [0, 0.05) is 23.9 Å². The Bertz CT molecular complexity index is 1570. The lowest BCUT2D eigenvalue weighted by Gasteiger charge is -2.22. The predicted molar refractivity (Wildman–Crippen MR) is 158 cm³/mol. The van der Waals surface area contributed by atoms with Crippen molar-refractivity contribution in [3.05, 3.63) is 120 Å². The van der Waals surface area contributed by atoms with Crippen molar-refractivity contribution in [3.63, 3.8) is 0 Å². The molecule has 4 amide bonds. The normalized spacial score (nSPS) is 15.1. The maximum absolute atomic E-state index is 13.3. The van der Waals surface area contributed by atoms with Crippen LogP contribution in [0.15, 0.2) is 114 Å². The third kappa shape index (κ3) is 6.42. The number of hydrogen-bond donors (Lipinski definition) is 3. The molecule has 4 aromatic carbocycles. The molecule has 3 N–H and O–H groups in total. The summed E-state index contributed by atoms with van der Waals surface area (Å²) < 4.78 is 5.77. The lowest BCUT2D eigenvalue weighted by Crippen LogP contribution is -2.52. The Morgan fingerprint density at radius 3 is 2.15 bits per heavy atom. The molecule has 0 aliphatic carbocycles. The Kier molecular flexibility index (Phi) is 8.05. The molecule has 1 aliphatic heterocycles. The fourth-order valence-corrected chi connectivity index (χ4v) is 4.36. The Hall–Kier alpha value is -5.44. The summed E-state index contributed by atoms with van der Waals surface area (Å²) in [6.07, 6.45) is -1.18. The van der Waals surface area contributed by atoms with Gasteiger partial charge in [0.05, 0.1) is 11.4 Å². The van der Waals surface area contributed by atoms with E-state index < -0.39 is 30.1 Å². The molecular formula is C32H29N5O4. The summed E-state index contributed by atoms with van der Waals surface area (Å²) in [5.41, 5.74) is 3.38. The van der Waals surface area contributed by atoms with E-state index in [1.165, 1.54) is 11.8 Å². The maximum Gasteiger partial charge on any atom is 0.319 e. The van der Waals surface area contributed by atoms with Crippen LogP contribution in [0, 0.1) is 0 Å². The van der Waals surface area contributed by atoms with Crippen LogP contribution >= 0.6 is 0 Å². The zero-order valence-electron chi connectivity index (χ0n) is 22.6. The van der Waals surface area contributed by atoms with Gasteiger partial charge in [-0.2, -0.15) is 0 Å². The molecule has 0 radical (unpaired) electrons. The number of carbonyl (C=O) groups excluding carboxylic acids is 3. The maximum atomic E-state index is 13.3. The number of carbonyl (C=O) groups is 3. The zero-order valence-corrected chi connectivity index (χ0v) is 22.6. The van der Waals surface area contributed by atoms with Crippen molar-refractivity contribution in [3.8, 4) is 11.5 Å².